The summed E-state index contributed by atoms with van der Waals surface area (Å²) in [6, 6.07) is 9.40. The summed E-state index contributed by atoms with van der Waals surface area (Å²) in [6.07, 6.45) is 5.58. The molecule has 2 nitrogen and oxygen atoms in total. The van der Waals surface area contributed by atoms with Crippen LogP contribution in [0.4, 0.5) is 0 Å². The quantitative estimate of drug-likeness (QED) is 0.858. The highest BCUT2D eigenvalue weighted by molar-refractivity contribution is 9.10. The van der Waals surface area contributed by atoms with Gasteiger partial charge in [0.25, 0.3) is 0 Å². The molecule has 20 heavy (non-hydrogen) atoms. The summed E-state index contributed by atoms with van der Waals surface area (Å²) in [4.78, 5) is 5.83. The monoisotopic (exact) mass is 350 g/mol. The molecule has 0 aliphatic heterocycles. The molecule has 3 rings (SSSR count). The third kappa shape index (κ3) is 3.30. The second-order valence-corrected chi connectivity index (χ2v) is 7.49. The molecule has 1 aliphatic rings. The van der Waals surface area contributed by atoms with Crippen molar-refractivity contribution in [2.24, 2.45) is 0 Å². The van der Waals surface area contributed by atoms with Gasteiger partial charge in [0.05, 0.1) is 0 Å². The summed E-state index contributed by atoms with van der Waals surface area (Å²) in [5, 5.41) is 4.84. The van der Waals surface area contributed by atoms with Crippen molar-refractivity contribution in [2.75, 3.05) is 0 Å². The first-order chi connectivity index (χ1) is 9.74. The summed E-state index contributed by atoms with van der Waals surface area (Å²) in [5.74, 6) is 0.725. The number of hydrogen-bond donors (Lipinski definition) is 1. The molecule has 0 atom stereocenters. The van der Waals surface area contributed by atoms with Crippen LogP contribution in [0, 0.1) is 0 Å². The lowest BCUT2D eigenvalue weighted by atomic mass is 9.76. The molecule has 1 fully saturated rings. The van der Waals surface area contributed by atoms with Crippen molar-refractivity contribution in [2.45, 2.75) is 44.7 Å². The Bertz CT molecular complexity index is 558. The summed E-state index contributed by atoms with van der Waals surface area (Å²) in [6.45, 7) is 3.10. The van der Waals surface area contributed by atoms with E-state index in [0.29, 0.717) is 6.04 Å². The standard InChI is InChI=1S/C16H19BrN2S/c1-2-15-9-19-16(20-15)10-18-14-7-12(8-14)11-3-5-13(17)6-4-11/h3-6,9,12,14,18H,2,7-8,10H2,1H3. The van der Waals surface area contributed by atoms with Gasteiger partial charge in [-0.2, -0.15) is 0 Å². The van der Waals surface area contributed by atoms with Crippen LogP contribution in [0.5, 0.6) is 0 Å². The van der Waals surface area contributed by atoms with E-state index in [1.165, 1.54) is 28.3 Å². The van der Waals surface area contributed by atoms with E-state index >= 15 is 0 Å². The van der Waals surface area contributed by atoms with Crippen molar-refractivity contribution in [1.82, 2.24) is 10.3 Å². The minimum absolute atomic E-state index is 0.651. The lowest BCUT2D eigenvalue weighted by Crippen LogP contribution is -2.39. The maximum atomic E-state index is 4.46. The number of halogens is 1. The average molecular weight is 351 g/mol. The Labute approximate surface area is 132 Å². The number of nitrogens with zero attached hydrogens (tertiary/aromatic N) is 1. The Kier molecular flexibility index (Phi) is 4.54. The molecule has 1 saturated carbocycles. The van der Waals surface area contributed by atoms with E-state index in [4.69, 9.17) is 0 Å². The van der Waals surface area contributed by atoms with Crippen molar-refractivity contribution in [3.05, 3.63) is 50.4 Å². The van der Waals surface area contributed by atoms with Gasteiger partial charge in [-0.3, -0.25) is 0 Å². The SMILES string of the molecule is CCc1cnc(CNC2CC(c3ccc(Br)cc3)C2)s1. The largest absolute Gasteiger partial charge is 0.308 e. The van der Waals surface area contributed by atoms with E-state index < -0.39 is 0 Å². The predicted octanol–water partition coefficient (Wildman–Crippen LogP) is 4.50. The van der Waals surface area contributed by atoms with E-state index in [1.807, 2.05) is 17.5 Å². The van der Waals surface area contributed by atoms with E-state index in [-0.39, 0.29) is 0 Å². The third-order valence-electron chi connectivity index (χ3n) is 3.97. The Morgan fingerprint density at radius 2 is 2.05 bits per heavy atom. The first-order valence-corrected chi connectivity index (χ1v) is 8.78. The van der Waals surface area contributed by atoms with Crippen LogP contribution in [0.15, 0.2) is 34.9 Å². The number of thiazole rings is 1. The zero-order chi connectivity index (χ0) is 13.9. The normalized spacial score (nSPS) is 21.7. The second-order valence-electron chi connectivity index (χ2n) is 5.37. The predicted molar refractivity (Wildman–Crippen MR) is 88.2 cm³/mol. The maximum absolute atomic E-state index is 4.46. The minimum Gasteiger partial charge on any atom is -0.308 e. The molecule has 1 heterocycles. The lowest BCUT2D eigenvalue weighted by Gasteiger charge is -2.36. The molecule has 106 valence electrons. The highest BCUT2D eigenvalue weighted by atomic mass is 79.9. The fourth-order valence-electron chi connectivity index (χ4n) is 2.62. The van der Waals surface area contributed by atoms with Crippen LogP contribution in [0.1, 0.15) is 41.1 Å². The Morgan fingerprint density at radius 1 is 1.30 bits per heavy atom. The Morgan fingerprint density at radius 3 is 2.70 bits per heavy atom. The molecule has 0 radical (unpaired) electrons. The summed E-state index contributed by atoms with van der Waals surface area (Å²) >= 11 is 5.32. The van der Waals surface area contributed by atoms with Gasteiger partial charge in [0.15, 0.2) is 0 Å². The van der Waals surface area contributed by atoms with Gasteiger partial charge >= 0.3 is 0 Å². The van der Waals surface area contributed by atoms with Crippen molar-refractivity contribution in [3.8, 4) is 0 Å². The van der Waals surface area contributed by atoms with E-state index in [1.54, 1.807) is 0 Å². The molecule has 1 aliphatic carbocycles. The summed E-state index contributed by atoms with van der Waals surface area (Å²) in [7, 11) is 0. The molecule has 0 bridgehead atoms. The van der Waals surface area contributed by atoms with Gasteiger partial charge in [0.2, 0.25) is 0 Å². The molecule has 1 aromatic carbocycles. The van der Waals surface area contributed by atoms with Crippen LogP contribution < -0.4 is 5.32 Å². The van der Waals surface area contributed by atoms with Crippen molar-refractivity contribution < 1.29 is 0 Å². The van der Waals surface area contributed by atoms with E-state index in [2.05, 4.69) is 57.4 Å². The fraction of sp³-hybridized carbons (Fsp3) is 0.438. The third-order valence-corrected chi connectivity index (χ3v) is 5.64. The number of benzene rings is 1. The smallest absolute Gasteiger partial charge is 0.107 e. The molecule has 1 aromatic heterocycles. The van der Waals surface area contributed by atoms with Gasteiger partial charge in [-0.25, -0.2) is 4.98 Å². The Balaban J connectivity index is 1.45. The van der Waals surface area contributed by atoms with Crippen LogP contribution in [0.3, 0.4) is 0 Å². The molecule has 4 heteroatoms. The average Bonchev–Trinajstić information content (AvgIpc) is 2.87. The van der Waals surface area contributed by atoms with E-state index in [0.717, 1.165) is 23.4 Å². The van der Waals surface area contributed by atoms with Crippen molar-refractivity contribution in [1.29, 1.82) is 0 Å². The van der Waals surface area contributed by atoms with Gasteiger partial charge in [0, 0.05) is 28.1 Å². The number of nitrogens with one attached hydrogen (secondary N) is 1. The summed E-state index contributed by atoms with van der Waals surface area (Å²) < 4.78 is 1.16. The van der Waals surface area contributed by atoms with Crippen LogP contribution in [0.25, 0.3) is 0 Å². The number of hydrogen-bond acceptors (Lipinski definition) is 3. The highest BCUT2D eigenvalue weighted by Crippen LogP contribution is 2.37. The number of rotatable bonds is 5. The zero-order valence-electron chi connectivity index (χ0n) is 11.6. The van der Waals surface area contributed by atoms with Crippen LogP contribution >= 0.6 is 27.3 Å². The molecule has 0 saturated heterocycles. The van der Waals surface area contributed by atoms with Gasteiger partial charge in [-0.15, -0.1) is 11.3 Å². The fourth-order valence-corrected chi connectivity index (χ4v) is 3.69. The van der Waals surface area contributed by atoms with Crippen molar-refractivity contribution in [3.63, 3.8) is 0 Å². The topological polar surface area (TPSA) is 24.9 Å². The molecule has 2 aromatic rings. The van der Waals surface area contributed by atoms with E-state index in [9.17, 15) is 0 Å². The molecular formula is C16H19BrN2S. The van der Waals surface area contributed by atoms with Gasteiger partial charge < -0.3 is 5.32 Å². The highest BCUT2D eigenvalue weighted by Gasteiger charge is 2.29. The van der Waals surface area contributed by atoms with Crippen LogP contribution in [-0.4, -0.2) is 11.0 Å². The molecule has 0 unspecified atom stereocenters. The molecular weight excluding hydrogens is 332 g/mol. The van der Waals surface area contributed by atoms with Crippen LogP contribution in [0.2, 0.25) is 0 Å². The zero-order valence-corrected chi connectivity index (χ0v) is 14.0. The Hall–Kier alpha value is -0.710. The molecule has 0 spiro atoms. The van der Waals surface area contributed by atoms with Crippen LogP contribution in [-0.2, 0) is 13.0 Å². The summed E-state index contributed by atoms with van der Waals surface area (Å²) in [5.41, 5.74) is 1.47. The van der Waals surface area contributed by atoms with Gasteiger partial charge in [0.1, 0.15) is 5.01 Å². The molecule has 1 N–H and O–H groups in total. The maximum Gasteiger partial charge on any atom is 0.107 e. The van der Waals surface area contributed by atoms with Crippen molar-refractivity contribution >= 4 is 27.3 Å². The lowest BCUT2D eigenvalue weighted by molar-refractivity contribution is 0.289. The first kappa shape index (κ1) is 14.2. The number of aryl methyl sites for hydroxylation is 1. The van der Waals surface area contributed by atoms with Gasteiger partial charge in [-0.05, 0) is 42.9 Å². The first-order valence-electron chi connectivity index (χ1n) is 7.17. The molecule has 0 amide bonds. The second kappa shape index (κ2) is 6.37. The minimum atomic E-state index is 0.651. The van der Waals surface area contributed by atoms with Gasteiger partial charge in [-0.1, -0.05) is 35.0 Å². The number of aromatic nitrogens is 1.